The van der Waals surface area contributed by atoms with Crippen LogP contribution < -0.4 is 0 Å². The van der Waals surface area contributed by atoms with Crippen molar-refractivity contribution in [3.05, 3.63) is 28.2 Å². The second-order valence-corrected chi connectivity index (χ2v) is 7.61. The molecule has 0 N–H and O–H groups in total. The van der Waals surface area contributed by atoms with Crippen molar-refractivity contribution >= 4 is 32.2 Å². The highest BCUT2D eigenvalue weighted by molar-refractivity contribution is 9.10. The Hall–Kier alpha value is -0.720. The molecular weight excluding hydrogens is 330 g/mol. The molecular formula is C13H16BrNO3S. The molecule has 0 spiro atoms. The van der Waals surface area contributed by atoms with Gasteiger partial charge in [-0.05, 0) is 37.5 Å². The number of nitrogens with zero attached hydrogens (tertiary/aromatic N) is 1. The van der Waals surface area contributed by atoms with Crippen LogP contribution in [0.3, 0.4) is 0 Å². The third kappa shape index (κ3) is 3.07. The first-order valence-electron chi connectivity index (χ1n) is 6.17. The molecule has 0 amide bonds. The summed E-state index contributed by atoms with van der Waals surface area (Å²) in [6, 6.07) is 5.25. The van der Waals surface area contributed by atoms with Gasteiger partial charge >= 0.3 is 0 Å². The summed E-state index contributed by atoms with van der Waals surface area (Å²) in [5.41, 5.74) is 0.737. The summed E-state index contributed by atoms with van der Waals surface area (Å²) >= 11 is 3.30. The number of aryl methyl sites for hydroxylation is 1. The Kier molecular flexibility index (Phi) is 4.43. The number of hydrogen-bond acceptors (Lipinski definition) is 3. The number of aldehydes is 1. The first-order chi connectivity index (χ1) is 8.95. The van der Waals surface area contributed by atoms with Gasteiger partial charge in [0.2, 0.25) is 10.0 Å². The molecule has 1 heterocycles. The van der Waals surface area contributed by atoms with Gasteiger partial charge < -0.3 is 4.79 Å². The molecule has 1 saturated heterocycles. The van der Waals surface area contributed by atoms with E-state index in [0.717, 1.165) is 16.3 Å². The van der Waals surface area contributed by atoms with Crippen LogP contribution in [0.25, 0.3) is 0 Å². The smallest absolute Gasteiger partial charge is 0.243 e. The van der Waals surface area contributed by atoms with E-state index >= 15 is 0 Å². The molecule has 4 nitrogen and oxygen atoms in total. The van der Waals surface area contributed by atoms with Crippen LogP contribution in [-0.4, -0.2) is 32.1 Å². The zero-order valence-corrected chi connectivity index (χ0v) is 13.1. The maximum absolute atomic E-state index is 12.6. The fourth-order valence-corrected chi connectivity index (χ4v) is 4.48. The Bertz CT molecular complexity index is 578. The van der Waals surface area contributed by atoms with E-state index in [1.165, 1.54) is 4.31 Å². The zero-order valence-electron chi connectivity index (χ0n) is 10.7. The van der Waals surface area contributed by atoms with E-state index < -0.39 is 10.0 Å². The number of rotatable bonds is 3. The first kappa shape index (κ1) is 14.7. The predicted molar refractivity (Wildman–Crippen MR) is 76.4 cm³/mol. The van der Waals surface area contributed by atoms with Crippen LogP contribution in [0.15, 0.2) is 27.6 Å². The summed E-state index contributed by atoms with van der Waals surface area (Å²) in [4.78, 5) is 11.1. The monoisotopic (exact) mass is 345 g/mol. The van der Waals surface area contributed by atoms with Gasteiger partial charge in [-0.1, -0.05) is 22.0 Å². The maximum Gasteiger partial charge on any atom is 0.243 e. The van der Waals surface area contributed by atoms with Gasteiger partial charge in [-0.25, -0.2) is 8.42 Å². The molecule has 0 atom stereocenters. The molecule has 6 heteroatoms. The second kappa shape index (κ2) is 5.73. The fraction of sp³-hybridized carbons (Fsp3) is 0.462. The third-order valence-electron chi connectivity index (χ3n) is 3.46. The van der Waals surface area contributed by atoms with Gasteiger partial charge in [-0.3, -0.25) is 0 Å². The Morgan fingerprint density at radius 2 is 1.95 bits per heavy atom. The van der Waals surface area contributed by atoms with Crippen molar-refractivity contribution in [2.75, 3.05) is 13.1 Å². The van der Waals surface area contributed by atoms with E-state index in [4.69, 9.17) is 0 Å². The van der Waals surface area contributed by atoms with Gasteiger partial charge in [0.05, 0.1) is 4.90 Å². The van der Waals surface area contributed by atoms with E-state index in [-0.39, 0.29) is 5.92 Å². The quantitative estimate of drug-likeness (QED) is 0.790. The second-order valence-electron chi connectivity index (χ2n) is 4.79. The number of sulfonamides is 1. The molecule has 0 unspecified atom stereocenters. The normalized spacial score (nSPS) is 18.4. The molecule has 0 saturated carbocycles. The van der Waals surface area contributed by atoms with Crippen LogP contribution in [-0.2, 0) is 14.8 Å². The van der Waals surface area contributed by atoms with E-state index in [1.54, 1.807) is 19.1 Å². The highest BCUT2D eigenvalue weighted by Gasteiger charge is 2.30. The summed E-state index contributed by atoms with van der Waals surface area (Å²) < 4.78 is 27.4. The lowest BCUT2D eigenvalue weighted by Gasteiger charge is -2.29. The van der Waals surface area contributed by atoms with Crippen LogP contribution in [0.5, 0.6) is 0 Å². The van der Waals surface area contributed by atoms with Crippen molar-refractivity contribution in [3.63, 3.8) is 0 Å². The maximum atomic E-state index is 12.6. The molecule has 2 rings (SSSR count). The van der Waals surface area contributed by atoms with E-state index in [0.29, 0.717) is 30.8 Å². The van der Waals surface area contributed by atoms with Crippen molar-refractivity contribution in [3.8, 4) is 0 Å². The summed E-state index contributed by atoms with van der Waals surface area (Å²) in [6.45, 7) is 2.62. The minimum atomic E-state index is -3.46. The molecule has 0 radical (unpaired) electrons. The first-order valence-corrected chi connectivity index (χ1v) is 8.40. The predicted octanol–water partition coefficient (Wildman–Crippen LogP) is 2.36. The molecule has 1 aromatic carbocycles. The Labute approximate surface area is 122 Å². The van der Waals surface area contributed by atoms with Crippen LogP contribution >= 0.6 is 15.9 Å². The Morgan fingerprint density at radius 3 is 2.53 bits per heavy atom. The molecule has 1 aromatic rings. The zero-order chi connectivity index (χ0) is 14.0. The molecule has 0 aromatic heterocycles. The van der Waals surface area contributed by atoms with Gasteiger partial charge in [0, 0.05) is 23.5 Å². The summed E-state index contributed by atoms with van der Waals surface area (Å²) in [5.74, 6) is -0.00458. The number of carbonyl (C=O) groups is 1. The molecule has 1 aliphatic rings. The molecule has 19 heavy (non-hydrogen) atoms. The van der Waals surface area contributed by atoms with Crippen molar-refractivity contribution < 1.29 is 13.2 Å². The average molecular weight is 346 g/mol. The molecule has 1 aliphatic heterocycles. The third-order valence-corrected chi connectivity index (χ3v) is 5.99. The van der Waals surface area contributed by atoms with Crippen LogP contribution in [0.1, 0.15) is 18.4 Å². The highest BCUT2D eigenvalue weighted by atomic mass is 79.9. The number of benzene rings is 1. The summed E-state index contributed by atoms with van der Waals surface area (Å²) in [7, 11) is -3.46. The molecule has 0 bridgehead atoms. The van der Waals surface area contributed by atoms with E-state index in [1.807, 2.05) is 6.07 Å². The lowest BCUT2D eigenvalue weighted by atomic mass is 10.0. The topological polar surface area (TPSA) is 54.5 Å². The Morgan fingerprint density at radius 1 is 1.32 bits per heavy atom. The fourth-order valence-electron chi connectivity index (χ4n) is 2.24. The van der Waals surface area contributed by atoms with Gasteiger partial charge in [-0.2, -0.15) is 4.31 Å². The highest BCUT2D eigenvalue weighted by Crippen LogP contribution is 2.27. The van der Waals surface area contributed by atoms with Crippen molar-refractivity contribution in [1.29, 1.82) is 0 Å². The van der Waals surface area contributed by atoms with Gasteiger partial charge in [-0.15, -0.1) is 0 Å². The van der Waals surface area contributed by atoms with Crippen molar-refractivity contribution in [2.45, 2.75) is 24.7 Å². The lowest BCUT2D eigenvalue weighted by Crippen LogP contribution is -2.39. The number of halogens is 1. The van der Waals surface area contributed by atoms with E-state index in [9.17, 15) is 13.2 Å². The van der Waals surface area contributed by atoms with Crippen LogP contribution in [0.4, 0.5) is 0 Å². The van der Waals surface area contributed by atoms with Crippen LogP contribution in [0, 0.1) is 12.8 Å². The molecule has 1 fully saturated rings. The van der Waals surface area contributed by atoms with Gasteiger partial charge in [0.25, 0.3) is 0 Å². The number of carbonyl (C=O) groups excluding carboxylic acids is 1. The van der Waals surface area contributed by atoms with Crippen LogP contribution in [0.2, 0.25) is 0 Å². The Balaban J connectivity index is 2.28. The van der Waals surface area contributed by atoms with E-state index in [2.05, 4.69) is 15.9 Å². The minimum absolute atomic E-state index is 0.00458. The molecule has 0 aliphatic carbocycles. The van der Waals surface area contributed by atoms with Gasteiger partial charge in [0.15, 0.2) is 0 Å². The number of piperidine rings is 1. The van der Waals surface area contributed by atoms with Gasteiger partial charge in [0.1, 0.15) is 6.29 Å². The summed E-state index contributed by atoms with van der Waals surface area (Å²) in [6.07, 6.45) is 2.14. The molecule has 104 valence electrons. The lowest BCUT2D eigenvalue weighted by molar-refractivity contribution is -0.112. The average Bonchev–Trinajstić information content (AvgIpc) is 2.41. The largest absolute Gasteiger partial charge is 0.303 e. The number of hydrogen-bond donors (Lipinski definition) is 0. The summed E-state index contributed by atoms with van der Waals surface area (Å²) in [5, 5.41) is 0. The van der Waals surface area contributed by atoms with Crippen molar-refractivity contribution in [1.82, 2.24) is 4.31 Å². The van der Waals surface area contributed by atoms with Crippen molar-refractivity contribution in [2.24, 2.45) is 5.92 Å². The standard InChI is InChI=1S/C13H16BrNO3S/c1-10-2-3-12(14)8-13(10)19(17,18)15-6-4-11(9-16)5-7-15/h2-3,8-9,11H,4-7H2,1H3. The minimum Gasteiger partial charge on any atom is -0.303 e. The SMILES string of the molecule is Cc1ccc(Br)cc1S(=O)(=O)N1CCC(C=O)CC1.